The summed E-state index contributed by atoms with van der Waals surface area (Å²) in [4.78, 5) is 4.60. The van der Waals surface area contributed by atoms with Crippen molar-refractivity contribution in [1.29, 1.82) is 0 Å². The van der Waals surface area contributed by atoms with E-state index in [2.05, 4.69) is 24.9 Å². The number of hydrogen-bond acceptors (Lipinski definition) is 1. The molecule has 16 heavy (non-hydrogen) atoms. The molecule has 1 saturated carbocycles. The minimum Gasteiger partial charge on any atom is -0.387 e. The fourth-order valence-electron chi connectivity index (χ4n) is 2.31. The molecule has 0 radical (unpaired) electrons. The predicted octanol–water partition coefficient (Wildman–Crippen LogP) is 3.48. The second-order valence-electron chi connectivity index (χ2n) is 4.74. The lowest BCUT2D eigenvalue weighted by atomic mass is 10.1. The lowest BCUT2D eigenvalue weighted by molar-refractivity contribution is 0.722. The third-order valence-electron chi connectivity index (χ3n) is 3.60. The molecule has 0 aromatic heterocycles. The molecule has 0 amide bonds. The number of aliphatic imine (C=N–C) groups is 1. The number of amidine groups is 1. The molecule has 1 aromatic carbocycles. The van der Waals surface area contributed by atoms with Gasteiger partial charge in [0, 0.05) is 5.92 Å². The number of hydrogen-bond donors (Lipinski definition) is 1. The van der Waals surface area contributed by atoms with Crippen LogP contribution in [0.1, 0.15) is 36.8 Å². The van der Waals surface area contributed by atoms with Gasteiger partial charge in [-0.05, 0) is 43.9 Å². The summed E-state index contributed by atoms with van der Waals surface area (Å²) in [5.74, 6) is 1.34. The molecule has 2 heteroatoms. The molecule has 0 atom stereocenters. The number of rotatable bonds is 2. The molecule has 0 bridgehead atoms. The summed E-state index contributed by atoms with van der Waals surface area (Å²) in [5.41, 5.74) is 9.63. The monoisotopic (exact) mass is 216 g/mol. The van der Waals surface area contributed by atoms with Gasteiger partial charge in [0.05, 0.1) is 5.69 Å². The molecule has 0 heterocycles. The van der Waals surface area contributed by atoms with Crippen molar-refractivity contribution in [2.45, 2.75) is 39.5 Å². The molecule has 2 rings (SSSR count). The molecule has 1 fully saturated rings. The fourth-order valence-corrected chi connectivity index (χ4v) is 2.31. The molecule has 0 saturated heterocycles. The predicted molar refractivity (Wildman–Crippen MR) is 69.2 cm³/mol. The molecular weight excluding hydrogens is 196 g/mol. The molecule has 0 spiro atoms. The van der Waals surface area contributed by atoms with Crippen LogP contribution in [0, 0.1) is 19.8 Å². The van der Waals surface area contributed by atoms with Gasteiger partial charge in [-0.15, -0.1) is 0 Å². The minimum atomic E-state index is 0.514. The van der Waals surface area contributed by atoms with Gasteiger partial charge in [0.2, 0.25) is 0 Å². The first-order valence-electron chi connectivity index (χ1n) is 6.09. The third-order valence-corrected chi connectivity index (χ3v) is 3.60. The van der Waals surface area contributed by atoms with Crippen LogP contribution in [0.25, 0.3) is 0 Å². The van der Waals surface area contributed by atoms with Gasteiger partial charge in [-0.2, -0.15) is 0 Å². The molecule has 1 aromatic rings. The fraction of sp³-hybridized carbons (Fsp3) is 0.500. The maximum Gasteiger partial charge on any atom is 0.103 e. The van der Waals surface area contributed by atoms with Gasteiger partial charge in [-0.1, -0.05) is 25.0 Å². The molecule has 0 unspecified atom stereocenters. The number of nitrogens with two attached hydrogens (primary N) is 1. The van der Waals surface area contributed by atoms with Crippen molar-refractivity contribution in [2.24, 2.45) is 16.6 Å². The van der Waals surface area contributed by atoms with Gasteiger partial charge in [-0.25, -0.2) is 4.99 Å². The van der Waals surface area contributed by atoms with Crippen molar-refractivity contribution in [2.75, 3.05) is 0 Å². The highest BCUT2D eigenvalue weighted by molar-refractivity contribution is 5.86. The van der Waals surface area contributed by atoms with Gasteiger partial charge in [0.1, 0.15) is 5.84 Å². The van der Waals surface area contributed by atoms with E-state index >= 15 is 0 Å². The molecule has 1 aliphatic rings. The highest BCUT2D eigenvalue weighted by Gasteiger charge is 2.18. The van der Waals surface area contributed by atoms with Crippen LogP contribution in [0.3, 0.4) is 0 Å². The van der Waals surface area contributed by atoms with E-state index in [1.165, 1.54) is 36.8 Å². The van der Waals surface area contributed by atoms with E-state index in [1.807, 2.05) is 12.1 Å². The highest BCUT2D eigenvalue weighted by atomic mass is 14.9. The largest absolute Gasteiger partial charge is 0.387 e. The number of nitrogens with zero attached hydrogens (tertiary/aromatic N) is 1. The first-order chi connectivity index (χ1) is 7.68. The van der Waals surface area contributed by atoms with E-state index in [1.54, 1.807) is 0 Å². The lowest BCUT2D eigenvalue weighted by Crippen LogP contribution is -2.20. The van der Waals surface area contributed by atoms with Gasteiger partial charge >= 0.3 is 0 Å². The van der Waals surface area contributed by atoms with Crippen molar-refractivity contribution in [1.82, 2.24) is 0 Å². The smallest absolute Gasteiger partial charge is 0.103 e. The average Bonchev–Trinajstić information content (AvgIpc) is 2.78. The third kappa shape index (κ3) is 2.26. The van der Waals surface area contributed by atoms with Gasteiger partial charge < -0.3 is 5.73 Å². The van der Waals surface area contributed by atoms with Crippen LogP contribution in [0.4, 0.5) is 5.69 Å². The average molecular weight is 216 g/mol. The molecular formula is C14H20N2. The number of aryl methyl sites for hydroxylation is 1. The maximum absolute atomic E-state index is 6.08. The second kappa shape index (κ2) is 4.69. The van der Waals surface area contributed by atoms with Crippen LogP contribution >= 0.6 is 0 Å². The van der Waals surface area contributed by atoms with Crippen molar-refractivity contribution >= 4 is 11.5 Å². The Morgan fingerprint density at radius 2 is 1.94 bits per heavy atom. The quantitative estimate of drug-likeness (QED) is 0.596. The molecule has 2 nitrogen and oxygen atoms in total. The first kappa shape index (κ1) is 11.2. The van der Waals surface area contributed by atoms with Gasteiger partial charge in [0.15, 0.2) is 0 Å². The van der Waals surface area contributed by atoms with Crippen LogP contribution in [0.5, 0.6) is 0 Å². The zero-order valence-corrected chi connectivity index (χ0v) is 10.2. The zero-order valence-electron chi connectivity index (χ0n) is 10.2. The Bertz CT molecular complexity index is 401. The molecule has 2 N–H and O–H groups in total. The maximum atomic E-state index is 6.08. The van der Waals surface area contributed by atoms with Crippen molar-refractivity contribution < 1.29 is 0 Å². The van der Waals surface area contributed by atoms with E-state index in [4.69, 9.17) is 5.73 Å². The van der Waals surface area contributed by atoms with Crippen LogP contribution < -0.4 is 5.73 Å². The Hall–Kier alpha value is -1.31. The van der Waals surface area contributed by atoms with E-state index in [9.17, 15) is 0 Å². The first-order valence-corrected chi connectivity index (χ1v) is 6.09. The standard InChI is InChI=1S/C14H20N2/c1-10-6-5-9-13(11(10)2)16-14(15)12-7-3-4-8-12/h5-6,9,12H,3-4,7-8H2,1-2H3,(H2,15,16). The Morgan fingerprint density at radius 3 is 2.62 bits per heavy atom. The molecule has 86 valence electrons. The van der Waals surface area contributed by atoms with Crippen LogP contribution in [-0.4, -0.2) is 5.84 Å². The van der Waals surface area contributed by atoms with Crippen LogP contribution in [0.15, 0.2) is 23.2 Å². The Kier molecular flexibility index (Phi) is 3.28. The Balaban J connectivity index is 2.24. The number of benzene rings is 1. The van der Waals surface area contributed by atoms with E-state index < -0.39 is 0 Å². The van der Waals surface area contributed by atoms with Crippen molar-refractivity contribution in [3.05, 3.63) is 29.3 Å². The van der Waals surface area contributed by atoms with E-state index in [0.29, 0.717) is 5.92 Å². The van der Waals surface area contributed by atoms with Crippen molar-refractivity contribution in [3.63, 3.8) is 0 Å². The van der Waals surface area contributed by atoms with E-state index in [-0.39, 0.29) is 0 Å². The second-order valence-corrected chi connectivity index (χ2v) is 4.74. The van der Waals surface area contributed by atoms with Gasteiger partial charge in [-0.3, -0.25) is 0 Å². The molecule has 0 aliphatic heterocycles. The normalized spacial score (nSPS) is 18.0. The summed E-state index contributed by atoms with van der Waals surface area (Å²) in [5, 5.41) is 0. The summed E-state index contributed by atoms with van der Waals surface area (Å²) >= 11 is 0. The summed E-state index contributed by atoms with van der Waals surface area (Å²) < 4.78 is 0. The summed E-state index contributed by atoms with van der Waals surface area (Å²) in [6.45, 7) is 4.22. The SMILES string of the molecule is Cc1cccc(N=C(N)C2CCCC2)c1C. The Morgan fingerprint density at radius 1 is 1.25 bits per heavy atom. The summed E-state index contributed by atoms with van der Waals surface area (Å²) in [7, 11) is 0. The van der Waals surface area contributed by atoms with Crippen LogP contribution in [0.2, 0.25) is 0 Å². The minimum absolute atomic E-state index is 0.514. The van der Waals surface area contributed by atoms with Crippen molar-refractivity contribution in [3.8, 4) is 0 Å². The van der Waals surface area contributed by atoms with E-state index in [0.717, 1.165) is 11.5 Å². The lowest BCUT2D eigenvalue weighted by Gasteiger charge is -2.10. The topological polar surface area (TPSA) is 38.4 Å². The van der Waals surface area contributed by atoms with Gasteiger partial charge in [0.25, 0.3) is 0 Å². The Labute approximate surface area is 97.6 Å². The zero-order chi connectivity index (χ0) is 11.5. The summed E-state index contributed by atoms with van der Waals surface area (Å²) in [6, 6.07) is 6.20. The highest BCUT2D eigenvalue weighted by Crippen LogP contribution is 2.27. The summed E-state index contributed by atoms with van der Waals surface area (Å²) in [6.07, 6.45) is 5.02. The van der Waals surface area contributed by atoms with Crippen LogP contribution in [-0.2, 0) is 0 Å². The molecule has 1 aliphatic carbocycles.